The molecule has 2 nitrogen and oxygen atoms in total. The van der Waals surface area contributed by atoms with Crippen molar-refractivity contribution in [2.24, 2.45) is 5.73 Å². The Morgan fingerprint density at radius 2 is 1.65 bits per heavy atom. The zero-order chi connectivity index (χ0) is 12.3. The van der Waals surface area contributed by atoms with E-state index in [0.717, 1.165) is 23.8 Å². The average molecular weight is 235 g/mol. The van der Waals surface area contributed by atoms with Gasteiger partial charge in [-0.05, 0) is 6.07 Å². The van der Waals surface area contributed by atoms with Gasteiger partial charge in [0.25, 0.3) is 0 Å². The molecule has 0 bridgehead atoms. The molecule has 4 heteroatoms. The number of benzene rings is 2. The molecule has 0 unspecified atom stereocenters. The predicted molar refractivity (Wildman–Crippen MR) is 60.8 cm³/mol. The van der Waals surface area contributed by atoms with Gasteiger partial charge in [0.2, 0.25) is 0 Å². The highest BCUT2D eigenvalue weighted by molar-refractivity contribution is 5.37. The van der Waals surface area contributed by atoms with Crippen molar-refractivity contribution >= 4 is 0 Å². The minimum Gasteiger partial charge on any atom is -0.457 e. The maximum absolute atomic E-state index is 13.0. The van der Waals surface area contributed by atoms with E-state index >= 15 is 0 Å². The van der Waals surface area contributed by atoms with Crippen LogP contribution in [0, 0.1) is 11.6 Å². The summed E-state index contributed by atoms with van der Waals surface area (Å²) in [6.45, 7) is 0.300. The van der Waals surface area contributed by atoms with Crippen LogP contribution in [-0.2, 0) is 6.54 Å². The van der Waals surface area contributed by atoms with Crippen LogP contribution in [0.4, 0.5) is 8.78 Å². The summed E-state index contributed by atoms with van der Waals surface area (Å²) in [5.74, 6) is -0.737. The molecule has 2 N–H and O–H groups in total. The number of ether oxygens (including phenoxy) is 1. The van der Waals surface area contributed by atoms with Crippen LogP contribution in [0.3, 0.4) is 0 Å². The molecule has 2 aromatic carbocycles. The Balaban J connectivity index is 2.31. The number of hydrogen-bond donors (Lipinski definition) is 1. The van der Waals surface area contributed by atoms with Gasteiger partial charge in [0, 0.05) is 30.3 Å². The van der Waals surface area contributed by atoms with E-state index in [1.54, 1.807) is 18.2 Å². The first kappa shape index (κ1) is 11.5. The third kappa shape index (κ3) is 2.79. The molecule has 88 valence electrons. The normalized spacial score (nSPS) is 10.3. The van der Waals surface area contributed by atoms with Crippen molar-refractivity contribution in [3.05, 3.63) is 59.7 Å². The predicted octanol–water partition coefficient (Wildman–Crippen LogP) is 3.22. The molecule has 0 saturated carbocycles. The van der Waals surface area contributed by atoms with Crippen molar-refractivity contribution in [3.8, 4) is 11.5 Å². The van der Waals surface area contributed by atoms with Gasteiger partial charge in [0.1, 0.15) is 23.1 Å². The van der Waals surface area contributed by atoms with Crippen LogP contribution in [0.15, 0.2) is 42.5 Å². The van der Waals surface area contributed by atoms with Crippen LogP contribution in [0.25, 0.3) is 0 Å². The molecule has 0 radical (unpaired) electrons. The zero-order valence-electron chi connectivity index (χ0n) is 8.99. The second-order valence-electron chi connectivity index (χ2n) is 3.52. The summed E-state index contributed by atoms with van der Waals surface area (Å²) in [4.78, 5) is 0. The molecule has 0 spiro atoms. The molecule has 0 atom stereocenters. The van der Waals surface area contributed by atoms with E-state index in [9.17, 15) is 8.78 Å². The molecule has 0 aliphatic rings. The number of nitrogens with two attached hydrogens (primary N) is 1. The molecule has 0 amide bonds. The van der Waals surface area contributed by atoms with E-state index < -0.39 is 11.6 Å². The van der Waals surface area contributed by atoms with Gasteiger partial charge in [-0.25, -0.2) is 8.78 Å². The molecule has 0 saturated heterocycles. The van der Waals surface area contributed by atoms with Crippen molar-refractivity contribution in [3.63, 3.8) is 0 Å². The van der Waals surface area contributed by atoms with Crippen molar-refractivity contribution in [1.82, 2.24) is 0 Å². The summed E-state index contributed by atoms with van der Waals surface area (Å²) < 4.78 is 31.3. The molecule has 0 aliphatic carbocycles. The van der Waals surface area contributed by atoms with Gasteiger partial charge in [-0.1, -0.05) is 18.2 Å². The summed E-state index contributed by atoms with van der Waals surface area (Å²) in [7, 11) is 0. The lowest BCUT2D eigenvalue weighted by molar-refractivity contribution is 0.463. The average Bonchev–Trinajstić information content (AvgIpc) is 2.28. The van der Waals surface area contributed by atoms with E-state index in [1.807, 2.05) is 6.07 Å². The van der Waals surface area contributed by atoms with E-state index in [1.165, 1.54) is 0 Å². The quantitative estimate of drug-likeness (QED) is 0.886. The van der Waals surface area contributed by atoms with Gasteiger partial charge in [-0.3, -0.25) is 0 Å². The second kappa shape index (κ2) is 4.93. The first-order valence-electron chi connectivity index (χ1n) is 5.11. The third-order valence-corrected chi connectivity index (χ3v) is 2.26. The van der Waals surface area contributed by atoms with Crippen LogP contribution in [0.2, 0.25) is 0 Å². The lowest BCUT2D eigenvalue weighted by Crippen LogP contribution is -1.99. The Morgan fingerprint density at radius 1 is 1.00 bits per heavy atom. The fourth-order valence-electron chi connectivity index (χ4n) is 1.49. The number of rotatable bonds is 3. The summed E-state index contributed by atoms with van der Waals surface area (Å²) in [6, 6.07) is 10.1. The molecule has 0 heterocycles. The SMILES string of the molecule is NCc1ccccc1Oc1cc(F)cc(F)c1. The smallest absolute Gasteiger partial charge is 0.133 e. The molecule has 2 aromatic rings. The summed E-state index contributed by atoms with van der Waals surface area (Å²) in [6.07, 6.45) is 0. The van der Waals surface area contributed by atoms with Gasteiger partial charge in [-0.2, -0.15) is 0 Å². The van der Waals surface area contributed by atoms with E-state index in [-0.39, 0.29) is 5.75 Å². The molecule has 0 aliphatic heterocycles. The molecule has 0 fully saturated rings. The topological polar surface area (TPSA) is 35.2 Å². The van der Waals surface area contributed by atoms with Crippen LogP contribution in [-0.4, -0.2) is 0 Å². The minimum absolute atomic E-state index is 0.114. The van der Waals surface area contributed by atoms with Crippen LogP contribution in [0.5, 0.6) is 11.5 Å². The zero-order valence-corrected chi connectivity index (χ0v) is 8.99. The summed E-state index contributed by atoms with van der Waals surface area (Å²) in [5, 5.41) is 0. The van der Waals surface area contributed by atoms with Crippen LogP contribution >= 0.6 is 0 Å². The lowest BCUT2D eigenvalue weighted by atomic mass is 10.2. The van der Waals surface area contributed by atoms with E-state index in [4.69, 9.17) is 10.5 Å². The Morgan fingerprint density at radius 3 is 2.29 bits per heavy atom. The maximum atomic E-state index is 13.0. The third-order valence-electron chi connectivity index (χ3n) is 2.26. The molecular formula is C13H11F2NO. The van der Waals surface area contributed by atoms with Gasteiger partial charge >= 0.3 is 0 Å². The van der Waals surface area contributed by atoms with Gasteiger partial charge in [-0.15, -0.1) is 0 Å². The number of hydrogen-bond acceptors (Lipinski definition) is 2. The van der Waals surface area contributed by atoms with Crippen LogP contribution < -0.4 is 10.5 Å². The van der Waals surface area contributed by atoms with Crippen molar-refractivity contribution in [2.75, 3.05) is 0 Å². The van der Waals surface area contributed by atoms with Crippen molar-refractivity contribution in [2.45, 2.75) is 6.54 Å². The Kier molecular flexibility index (Phi) is 3.35. The van der Waals surface area contributed by atoms with Crippen molar-refractivity contribution in [1.29, 1.82) is 0 Å². The first-order valence-corrected chi connectivity index (χ1v) is 5.11. The fourth-order valence-corrected chi connectivity index (χ4v) is 1.49. The van der Waals surface area contributed by atoms with Crippen LogP contribution in [0.1, 0.15) is 5.56 Å². The van der Waals surface area contributed by atoms with Gasteiger partial charge < -0.3 is 10.5 Å². The number of para-hydroxylation sites is 1. The maximum Gasteiger partial charge on any atom is 0.133 e. The van der Waals surface area contributed by atoms with Gasteiger partial charge in [0.15, 0.2) is 0 Å². The monoisotopic (exact) mass is 235 g/mol. The van der Waals surface area contributed by atoms with E-state index in [0.29, 0.717) is 12.3 Å². The molecule has 2 rings (SSSR count). The first-order chi connectivity index (χ1) is 8.19. The van der Waals surface area contributed by atoms with Gasteiger partial charge in [0.05, 0.1) is 0 Å². The summed E-state index contributed by atoms with van der Waals surface area (Å²) >= 11 is 0. The Labute approximate surface area is 97.6 Å². The Hall–Kier alpha value is -1.94. The standard InChI is InChI=1S/C13H11F2NO/c14-10-5-11(15)7-12(6-10)17-13-4-2-1-3-9(13)8-16/h1-7H,8,16H2. The van der Waals surface area contributed by atoms with Crippen molar-refractivity contribution < 1.29 is 13.5 Å². The molecule has 17 heavy (non-hydrogen) atoms. The molecule has 0 aromatic heterocycles. The highest BCUT2D eigenvalue weighted by atomic mass is 19.1. The Bertz CT molecular complexity index is 508. The lowest BCUT2D eigenvalue weighted by Gasteiger charge is -2.09. The minimum atomic E-state index is -0.676. The number of halogens is 2. The summed E-state index contributed by atoms with van der Waals surface area (Å²) in [5.41, 5.74) is 6.31. The highest BCUT2D eigenvalue weighted by Crippen LogP contribution is 2.26. The van der Waals surface area contributed by atoms with E-state index in [2.05, 4.69) is 0 Å². The fraction of sp³-hybridized carbons (Fsp3) is 0.0769. The highest BCUT2D eigenvalue weighted by Gasteiger charge is 2.05. The molecular weight excluding hydrogens is 224 g/mol. The second-order valence-corrected chi connectivity index (χ2v) is 3.52. The largest absolute Gasteiger partial charge is 0.457 e.